The molecule has 1 unspecified atom stereocenters. The fraction of sp³-hybridized carbons (Fsp3) is 0.923. The van der Waals surface area contributed by atoms with E-state index in [4.69, 9.17) is 0 Å². The number of hydrogen-bond acceptors (Lipinski definition) is 2. The van der Waals surface area contributed by atoms with Crippen molar-refractivity contribution in [3.63, 3.8) is 0 Å². The average molecular weight is 368 g/mol. The number of hydrogen-bond donors (Lipinski definition) is 0. The predicted octanol–water partition coefficient (Wildman–Crippen LogP) is 1.96. The Bertz CT molecular complexity index is 243. The molecule has 1 heterocycles. The van der Waals surface area contributed by atoms with E-state index in [2.05, 4.69) is 26.6 Å². The van der Waals surface area contributed by atoms with E-state index in [-0.39, 0.29) is 24.0 Å². The van der Waals surface area contributed by atoms with Gasteiger partial charge in [0.05, 0.1) is 6.54 Å². The Morgan fingerprint density at radius 1 is 1.17 bits per heavy atom. The minimum atomic E-state index is 0. The molecular formula is C13H29IN4. The van der Waals surface area contributed by atoms with Crippen LogP contribution in [0.3, 0.4) is 0 Å². The summed E-state index contributed by atoms with van der Waals surface area (Å²) in [7, 11) is 8.18. The van der Waals surface area contributed by atoms with Gasteiger partial charge in [-0.05, 0) is 26.3 Å². The van der Waals surface area contributed by atoms with Crippen LogP contribution in [0.4, 0.5) is 0 Å². The van der Waals surface area contributed by atoms with Gasteiger partial charge in [-0.3, -0.25) is 9.89 Å². The Morgan fingerprint density at radius 2 is 1.78 bits per heavy atom. The smallest absolute Gasteiger partial charge is 0.195 e. The normalized spacial score (nSPS) is 19.9. The molecule has 108 valence electrons. The highest BCUT2D eigenvalue weighted by Gasteiger charge is 2.17. The van der Waals surface area contributed by atoms with Gasteiger partial charge in [0.15, 0.2) is 5.96 Å². The van der Waals surface area contributed by atoms with Gasteiger partial charge in [0.2, 0.25) is 0 Å². The second kappa shape index (κ2) is 8.96. The molecule has 0 saturated carbocycles. The van der Waals surface area contributed by atoms with Crippen LogP contribution >= 0.6 is 24.0 Å². The van der Waals surface area contributed by atoms with Gasteiger partial charge in [-0.25, -0.2) is 0 Å². The van der Waals surface area contributed by atoms with Gasteiger partial charge in [-0.15, -0.1) is 24.0 Å². The zero-order valence-electron chi connectivity index (χ0n) is 12.5. The molecule has 1 aliphatic heterocycles. The van der Waals surface area contributed by atoms with Crippen LogP contribution in [-0.2, 0) is 0 Å². The topological polar surface area (TPSA) is 22.1 Å². The number of piperidine rings is 1. The summed E-state index contributed by atoms with van der Waals surface area (Å²) >= 11 is 0. The molecule has 1 atom stereocenters. The quantitative estimate of drug-likeness (QED) is 0.432. The first-order chi connectivity index (χ1) is 8.02. The molecule has 0 spiro atoms. The Hall–Kier alpha value is -0.0400. The molecular weight excluding hydrogens is 339 g/mol. The molecule has 1 aliphatic rings. The van der Waals surface area contributed by atoms with E-state index >= 15 is 0 Å². The van der Waals surface area contributed by atoms with Crippen LogP contribution in [0, 0.1) is 0 Å². The van der Waals surface area contributed by atoms with E-state index in [0.717, 1.165) is 25.1 Å². The first-order valence-corrected chi connectivity index (χ1v) is 6.65. The van der Waals surface area contributed by atoms with E-state index in [9.17, 15) is 0 Å². The highest BCUT2D eigenvalue weighted by molar-refractivity contribution is 14.0. The van der Waals surface area contributed by atoms with Crippen molar-refractivity contribution in [3.05, 3.63) is 0 Å². The summed E-state index contributed by atoms with van der Waals surface area (Å²) in [4.78, 5) is 11.4. The fourth-order valence-corrected chi connectivity index (χ4v) is 2.45. The van der Waals surface area contributed by atoms with Gasteiger partial charge in [0.25, 0.3) is 0 Å². The van der Waals surface area contributed by atoms with E-state index in [1.54, 1.807) is 0 Å². The lowest BCUT2D eigenvalue weighted by Crippen LogP contribution is -2.40. The van der Waals surface area contributed by atoms with Crippen LogP contribution in [0.15, 0.2) is 4.99 Å². The Labute approximate surface area is 129 Å². The third-order valence-corrected chi connectivity index (χ3v) is 3.38. The summed E-state index contributed by atoms with van der Waals surface area (Å²) in [5, 5.41) is 0. The van der Waals surface area contributed by atoms with Crippen molar-refractivity contribution in [2.45, 2.75) is 32.2 Å². The molecule has 0 aromatic rings. The molecule has 0 aliphatic carbocycles. The van der Waals surface area contributed by atoms with Crippen molar-refractivity contribution < 1.29 is 0 Å². The molecule has 1 rings (SSSR count). The lowest BCUT2D eigenvalue weighted by atomic mass is 10.0. The summed E-state index contributed by atoms with van der Waals surface area (Å²) in [6.45, 7) is 5.57. The second-order valence-electron chi connectivity index (χ2n) is 5.35. The lowest BCUT2D eigenvalue weighted by Gasteiger charge is -2.33. The standard InChI is InChI=1S/C13H28N4.HI/c1-12-8-6-7-10-17(12)11-9-14-13(15(2)3)16(4)5;/h12H,6-11H2,1-5H3;1H. The van der Waals surface area contributed by atoms with Crippen LogP contribution in [0.2, 0.25) is 0 Å². The Balaban J connectivity index is 0.00000289. The fourth-order valence-electron chi connectivity index (χ4n) is 2.45. The molecule has 1 saturated heterocycles. The maximum absolute atomic E-state index is 4.68. The van der Waals surface area contributed by atoms with Crippen LogP contribution in [0.25, 0.3) is 0 Å². The minimum absolute atomic E-state index is 0. The van der Waals surface area contributed by atoms with Gasteiger partial charge in [0.1, 0.15) is 0 Å². The number of guanidine groups is 1. The highest BCUT2D eigenvalue weighted by Crippen LogP contribution is 2.15. The van der Waals surface area contributed by atoms with E-state index in [1.165, 1.54) is 25.8 Å². The summed E-state index contributed by atoms with van der Waals surface area (Å²) < 4.78 is 0. The maximum atomic E-state index is 4.68. The number of halogens is 1. The van der Waals surface area contributed by atoms with Crippen molar-refractivity contribution in [3.8, 4) is 0 Å². The summed E-state index contributed by atoms with van der Waals surface area (Å²) in [5.74, 6) is 1.05. The highest BCUT2D eigenvalue weighted by atomic mass is 127. The van der Waals surface area contributed by atoms with Crippen molar-refractivity contribution >= 4 is 29.9 Å². The first-order valence-electron chi connectivity index (χ1n) is 6.65. The third kappa shape index (κ3) is 5.73. The van der Waals surface area contributed by atoms with Gasteiger partial charge in [0, 0.05) is 40.8 Å². The molecule has 0 aromatic heterocycles. The van der Waals surface area contributed by atoms with Crippen LogP contribution in [-0.4, -0.2) is 74.5 Å². The number of aliphatic imine (C=N–C) groups is 1. The Morgan fingerprint density at radius 3 is 2.28 bits per heavy atom. The lowest BCUT2D eigenvalue weighted by molar-refractivity contribution is 0.165. The monoisotopic (exact) mass is 368 g/mol. The molecule has 5 heteroatoms. The molecule has 0 radical (unpaired) electrons. The Kier molecular flexibility index (Phi) is 8.94. The molecule has 1 fully saturated rings. The zero-order valence-corrected chi connectivity index (χ0v) is 14.8. The van der Waals surface area contributed by atoms with Crippen LogP contribution in [0.1, 0.15) is 26.2 Å². The molecule has 4 nitrogen and oxygen atoms in total. The van der Waals surface area contributed by atoms with Crippen molar-refractivity contribution in [1.29, 1.82) is 0 Å². The van der Waals surface area contributed by atoms with Crippen LogP contribution in [0.5, 0.6) is 0 Å². The molecule has 0 amide bonds. The largest absolute Gasteiger partial charge is 0.349 e. The van der Waals surface area contributed by atoms with Crippen LogP contribution < -0.4 is 0 Å². The molecule has 0 bridgehead atoms. The van der Waals surface area contributed by atoms with E-state index < -0.39 is 0 Å². The van der Waals surface area contributed by atoms with Crippen molar-refractivity contribution in [1.82, 2.24) is 14.7 Å². The van der Waals surface area contributed by atoms with Gasteiger partial charge < -0.3 is 9.80 Å². The maximum Gasteiger partial charge on any atom is 0.195 e. The van der Waals surface area contributed by atoms with Gasteiger partial charge in [-0.2, -0.15) is 0 Å². The third-order valence-electron chi connectivity index (χ3n) is 3.38. The summed E-state index contributed by atoms with van der Waals surface area (Å²) in [6.07, 6.45) is 4.09. The first kappa shape index (κ1) is 18.0. The van der Waals surface area contributed by atoms with Gasteiger partial charge >= 0.3 is 0 Å². The molecule has 18 heavy (non-hydrogen) atoms. The summed E-state index contributed by atoms with van der Waals surface area (Å²) in [5.41, 5.74) is 0. The van der Waals surface area contributed by atoms with E-state index in [0.29, 0.717) is 0 Å². The minimum Gasteiger partial charge on any atom is -0.349 e. The number of rotatable bonds is 3. The summed E-state index contributed by atoms with van der Waals surface area (Å²) in [6, 6.07) is 0.737. The molecule has 0 N–H and O–H groups in total. The zero-order chi connectivity index (χ0) is 12.8. The number of likely N-dealkylation sites (tertiary alicyclic amines) is 1. The second-order valence-corrected chi connectivity index (χ2v) is 5.35. The van der Waals surface area contributed by atoms with Crippen molar-refractivity contribution in [2.75, 3.05) is 47.8 Å². The molecule has 0 aromatic carbocycles. The SMILES string of the molecule is CC1CCCCN1CCN=C(N(C)C)N(C)C.I. The van der Waals surface area contributed by atoms with Crippen molar-refractivity contribution in [2.24, 2.45) is 4.99 Å². The predicted molar refractivity (Wildman–Crippen MR) is 90.0 cm³/mol. The average Bonchev–Trinajstić information content (AvgIpc) is 2.25. The number of nitrogens with zero attached hydrogens (tertiary/aromatic N) is 4. The van der Waals surface area contributed by atoms with Gasteiger partial charge in [-0.1, -0.05) is 6.42 Å². The van der Waals surface area contributed by atoms with E-state index in [1.807, 2.05) is 28.2 Å².